The largest absolute Gasteiger partial charge is 0.619 e. The van der Waals surface area contributed by atoms with Gasteiger partial charge in [0, 0.05) is 24.2 Å². The van der Waals surface area contributed by atoms with Crippen molar-refractivity contribution in [2.45, 2.75) is 44.6 Å². The Morgan fingerprint density at radius 2 is 1.67 bits per heavy atom. The number of anilines is 1. The van der Waals surface area contributed by atoms with E-state index in [1.165, 1.54) is 26.6 Å². The van der Waals surface area contributed by atoms with Crippen LogP contribution in [0.3, 0.4) is 0 Å². The van der Waals surface area contributed by atoms with Crippen LogP contribution in [0, 0.1) is 11.1 Å². The molecule has 7 rings (SSSR count). The number of rotatable bonds is 12. The third kappa shape index (κ3) is 8.50. The molecule has 3 aromatic carbocycles. The van der Waals surface area contributed by atoms with Gasteiger partial charge in [0.2, 0.25) is 0 Å². The van der Waals surface area contributed by atoms with Crippen LogP contribution in [0.2, 0.25) is 10.0 Å². The van der Waals surface area contributed by atoms with Gasteiger partial charge in [-0.05, 0) is 84.9 Å². The number of benzene rings is 3. The number of carbonyl (C=O) groups is 2. The molecular formula is C38H39Cl2N3O8. The van der Waals surface area contributed by atoms with E-state index in [4.69, 9.17) is 42.1 Å². The lowest BCUT2D eigenvalue weighted by Gasteiger charge is -2.44. The smallest absolute Gasteiger partial charge is 0.414 e. The Labute approximate surface area is 306 Å². The molecule has 3 aliphatic heterocycles. The number of fused-ring (bicyclic) bond motifs is 3. The maximum absolute atomic E-state index is 13.7. The standard InChI is InChI=1S/C38H39Cl2N3O8/c1-48-33-11-10-28(17-35(33)49-2)34(18-30-31(39)20-42(47)21-32(30)40)50-37(45)27-8-6-24(7-9-27)19-43(29-5-3-4-25(16-29)23-44)38(46)51-36-22-41-14-12-26(36)13-15-41/h3-11,16-17,20-21,26,34,36,44H,12-15,18-19,22-23H2,1-2H3/t34-,36-/m0/s1. The number of aliphatic hydroxyl groups is 1. The third-order valence-corrected chi connectivity index (χ3v) is 10.1. The maximum Gasteiger partial charge on any atom is 0.414 e. The first-order chi connectivity index (χ1) is 24.6. The van der Waals surface area contributed by atoms with Crippen molar-refractivity contribution in [3.63, 3.8) is 0 Å². The van der Waals surface area contributed by atoms with Gasteiger partial charge in [-0.25, -0.2) is 9.59 Å². The molecule has 0 saturated carbocycles. The number of aromatic nitrogens is 1. The summed E-state index contributed by atoms with van der Waals surface area (Å²) >= 11 is 12.8. The van der Waals surface area contributed by atoms with Crippen molar-refractivity contribution >= 4 is 41.0 Å². The van der Waals surface area contributed by atoms with Crippen molar-refractivity contribution in [1.82, 2.24) is 4.90 Å². The van der Waals surface area contributed by atoms with E-state index < -0.39 is 18.2 Å². The van der Waals surface area contributed by atoms with Gasteiger partial charge in [-0.2, -0.15) is 4.73 Å². The van der Waals surface area contributed by atoms with E-state index in [9.17, 15) is 19.9 Å². The Bertz CT molecular complexity index is 1840. The van der Waals surface area contributed by atoms with E-state index in [0.717, 1.165) is 38.0 Å². The molecule has 1 aromatic heterocycles. The summed E-state index contributed by atoms with van der Waals surface area (Å²) in [6, 6.07) is 19.1. The van der Waals surface area contributed by atoms with Gasteiger partial charge in [-0.15, -0.1) is 0 Å². The second kappa shape index (κ2) is 16.2. The summed E-state index contributed by atoms with van der Waals surface area (Å²) < 4.78 is 23.5. The second-order valence-corrected chi connectivity index (χ2v) is 13.5. The van der Waals surface area contributed by atoms with Crippen LogP contribution in [0.25, 0.3) is 0 Å². The van der Waals surface area contributed by atoms with Crippen LogP contribution < -0.4 is 19.1 Å². The zero-order chi connectivity index (χ0) is 36.1. The summed E-state index contributed by atoms with van der Waals surface area (Å²) in [5.74, 6) is 0.659. The number of amides is 1. The quantitative estimate of drug-likeness (QED) is 0.0985. The number of hydrogen-bond acceptors (Lipinski definition) is 9. The Morgan fingerprint density at radius 3 is 2.29 bits per heavy atom. The fourth-order valence-corrected chi connectivity index (χ4v) is 7.24. The number of methoxy groups -OCH3 is 2. The van der Waals surface area contributed by atoms with Gasteiger partial charge in [0.05, 0.1) is 32.9 Å². The first kappa shape index (κ1) is 36.2. The molecule has 4 heterocycles. The zero-order valence-electron chi connectivity index (χ0n) is 28.3. The number of piperidine rings is 3. The zero-order valence-corrected chi connectivity index (χ0v) is 29.8. The Balaban J connectivity index is 1.22. The van der Waals surface area contributed by atoms with E-state index in [-0.39, 0.29) is 41.3 Å². The molecule has 1 amide bonds. The highest BCUT2D eigenvalue weighted by Gasteiger charge is 2.37. The summed E-state index contributed by atoms with van der Waals surface area (Å²) in [7, 11) is 3.03. The molecule has 0 spiro atoms. The van der Waals surface area contributed by atoms with E-state index in [2.05, 4.69) is 4.90 Å². The summed E-state index contributed by atoms with van der Waals surface area (Å²) in [6.07, 6.45) is 2.94. The van der Waals surface area contributed by atoms with E-state index in [1.807, 2.05) is 0 Å². The maximum atomic E-state index is 13.7. The minimum atomic E-state index is -0.870. The monoisotopic (exact) mass is 735 g/mol. The van der Waals surface area contributed by atoms with Gasteiger partial charge in [0.15, 0.2) is 23.9 Å². The Morgan fingerprint density at radius 1 is 0.961 bits per heavy atom. The molecular weight excluding hydrogens is 697 g/mol. The number of nitrogens with zero attached hydrogens (tertiary/aromatic N) is 3. The molecule has 0 radical (unpaired) electrons. The average Bonchev–Trinajstić information content (AvgIpc) is 3.15. The van der Waals surface area contributed by atoms with Gasteiger partial charge in [0.1, 0.15) is 22.3 Å². The van der Waals surface area contributed by atoms with Crippen LogP contribution >= 0.6 is 23.2 Å². The fraction of sp³-hybridized carbons (Fsp3) is 0.342. The van der Waals surface area contributed by atoms with Gasteiger partial charge in [-0.3, -0.25) is 9.80 Å². The summed E-state index contributed by atoms with van der Waals surface area (Å²) in [6.45, 7) is 2.78. The molecule has 3 fully saturated rings. The normalized spacial score (nSPS) is 18.5. The van der Waals surface area contributed by atoms with Crippen LogP contribution in [-0.4, -0.2) is 62.0 Å². The Kier molecular flexibility index (Phi) is 11.5. The third-order valence-electron chi connectivity index (χ3n) is 9.48. The number of esters is 1. The summed E-state index contributed by atoms with van der Waals surface area (Å²) in [5.41, 5.74) is 3.30. The predicted molar refractivity (Wildman–Crippen MR) is 191 cm³/mol. The minimum Gasteiger partial charge on any atom is -0.619 e. The molecule has 51 heavy (non-hydrogen) atoms. The number of carbonyl (C=O) groups excluding carboxylic acids is 2. The molecule has 2 bridgehead atoms. The molecule has 2 atom stereocenters. The fourth-order valence-electron chi connectivity index (χ4n) is 6.64. The van der Waals surface area contributed by atoms with Crippen LogP contribution in [0.5, 0.6) is 11.5 Å². The number of halogens is 2. The van der Waals surface area contributed by atoms with E-state index >= 15 is 0 Å². The Hall–Kier alpha value is -4.55. The highest BCUT2D eigenvalue weighted by molar-refractivity contribution is 6.35. The number of pyridine rings is 1. The van der Waals surface area contributed by atoms with Crippen molar-refractivity contribution in [1.29, 1.82) is 0 Å². The van der Waals surface area contributed by atoms with Crippen LogP contribution in [-0.2, 0) is 29.0 Å². The topological polar surface area (TPSA) is 125 Å². The minimum absolute atomic E-state index is 0.0708. The van der Waals surface area contributed by atoms with E-state index in [0.29, 0.717) is 44.5 Å². The first-order valence-electron chi connectivity index (χ1n) is 16.6. The molecule has 13 heteroatoms. The van der Waals surface area contributed by atoms with Crippen molar-refractivity contribution in [3.05, 3.63) is 122 Å². The highest BCUT2D eigenvalue weighted by atomic mass is 35.5. The predicted octanol–water partition coefficient (Wildman–Crippen LogP) is 6.51. The lowest BCUT2D eigenvalue weighted by Crippen LogP contribution is -2.53. The number of ether oxygens (including phenoxy) is 4. The SMILES string of the molecule is COc1ccc([C@H](Cc2c(Cl)c[n+]([O-])cc2Cl)OC(=O)c2ccc(CN(C(=O)O[C@H]3CN4CCC3CC4)c3cccc(CO)c3)cc2)cc1OC. The lowest BCUT2D eigenvalue weighted by molar-refractivity contribution is -0.605. The van der Waals surface area contributed by atoms with Crippen LogP contribution in [0.4, 0.5) is 10.5 Å². The van der Waals surface area contributed by atoms with Gasteiger partial charge < -0.3 is 29.3 Å². The van der Waals surface area contributed by atoms with Gasteiger partial charge in [0.25, 0.3) is 0 Å². The summed E-state index contributed by atoms with van der Waals surface area (Å²) in [5, 5.41) is 21.9. The van der Waals surface area contributed by atoms with E-state index in [1.54, 1.807) is 71.6 Å². The molecule has 11 nitrogen and oxygen atoms in total. The molecule has 0 unspecified atom stereocenters. The lowest BCUT2D eigenvalue weighted by atomic mass is 9.86. The highest BCUT2D eigenvalue weighted by Crippen LogP contribution is 2.36. The number of hydrogen-bond donors (Lipinski definition) is 1. The molecule has 1 N–H and O–H groups in total. The molecule has 3 aliphatic rings. The van der Waals surface area contributed by atoms with Gasteiger partial charge in [-0.1, -0.05) is 53.5 Å². The first-order valence-corrected chi connectivity index (χ1v) is 17.4. The molecule has 4 aromatic rings. The van der Waals surface area contributed by atoms with Crippen molar-refractivity contribution in [2.24, 2.45) is 5.92 Å². The number of aliphatic hydroxyl groups excluding tert-OH is 1. The summed E-state index contributed by atoms with van der Waals surface area (Å²) in [4.78, 5) is 31.2. The molecule has 268 valence electrons. The molecule has 0 aliphatic carbocycles. The second-order valence-electron chi connectivity index (χ2n) is 12.7. The molecule has 3 saturated heterocycles. The van der Waals surface area contributed by atoms with Crippen molar-refractivity contribution < 1.29 is 38.4 Å². The van der Waals surface area contributed by atoms with Crippen molar-refractivity contribution in [2.75, 3.05) is 38.8 Å². The average molecular weight is 737 g/mol. The van der Waals surface area contributed by atoms with Crippen LogP contribution in [0.1, 0.15) is 51.6 Å². The van der Waals surface area contributed by atoms with Crippen LogP contribution in [0.15, 0.2) is 79.1 Å². The van der Waals surface area contributed by atoms with Crippen molar-refractivity contribution in [3.8, 4) is 11.5 Å². The van der Waals surface area contributed by atoms with Gasteiger partial charge >= 0.3 is 12.1 Å².